The summed E-state index contributed by atoms with van der Waals surface area (Å²) in [4.78, 5) is 22.3. The van der Waals surface area contributed by atoms with Crippen molar-refractivity contribution < 1.29 is 23.5 Å². The summed E-state index contributed by atoms with van der Waals surface area (Å²) in [6, 6.07) is 3.54. The average Bonchev–Trinajstić information content (AvgIpc) is 2.49. The second kappa shape index (κ2) is 9.92. The molecule has 0 aliphatic heterocycles. The van der Waals surface area contributed by atoms with Crippen LogP contribution >= 0.6 is 0 Å². The standard InChI is InChI=1S/C17H23F2NO3/c1-12(16-13(18)8-7-9-14(16)19)17(23)20-11-6-4-2-3-5-10-15(21)22/h7-9,12H,2-6,10-11H2,1H3,(H,20,23)(H,21,22). The van der Waals surface area contributed by atoms with Crippen LogP contribution in [0.4, 0.5) is 8.78 Å². The maximum absolute atomic E-state index is 13.6. The lowest BCUT2D eigenvalue weighted by Gasteiger charge is -2.14. The first kappa shape index (κ1) is 19.1. The predicted molar refractivity (Wildman–Crippen MR) is 83.1 cm³/mol. The van der Waals surface area contributed by atoms with Crippen molar-refractivity contribution in [2.24, 2.45) is 0 Å². The largest absolute Gasteiger partial charge is 0.481 e. The van der Waals surface area contributed by atoms with Crippen LogP contribution in [0.2, 0.25) is 0 Å². The zero-order valence-electron chi connectivity index (χ0n) is 13.3. The Bertz CT molecular complexity index is 514. The maximum atomic E-state index is 13.6. The van der Waals surface area contributed by atoms with Gasteiger partial charge in [-0.1, -0.05) is 25.3 Å². The number of benzene rings is 1. The number of carbonyl (C=O) groups is 2. The van der Waals surface area contributed by atoms with Crippen molar-refractivity contribution in [3.8, 4) is 0 Å². The van der Waals surface area contributed by atoms with Gasteiger partial charge in [0.1, 0.15) is 11.6 Å². The van der Waals surface area contributed by atoms with E-state index in [9.17, 15) is 18.4 Å². The summed E-state index contributed by atoms with van der Waals surface area (Å²) in [6.45, 7) is 1.92. The number of nitrogens with one attached hydrogen (secondary N) is 1. The Hall–Kier alpha value is -1.98. The Morgan fingerprint density at radius 2 is 1.65 bits per heavy atom. The van der Waals surface area contributed by atoms with Crippen molar-refractivity contribution in [1.29, 1.82) is 0 Å². The molecule has 0 fully saturated rings. The minimum absolute atomic E-state index is 0.183. The van der Waals surface area contributed by atoms with E-state index < -0.39 is 29.4 Å². The zero-order valence-corrected chi connectivity index (χ0v) is 13.3. The van der Waals surface area contributed by atoms with Crippen molar-refractivity contribution in [3.05, 3.63) is 35.4 Å². The Labute approximate surface area is 134 Å². The van der Waals surface area contributed by atoms with Gasteiger partial charge in [0.2, 0.25) is 5.91 Å². The van der Waals surface area contributed by atoms with Gasteiger partial charge < -0.3 is 10.4 Å². The van der Waals surface area contributed by atoms with Crippen molar-refractivity contribution in [1.82, 2.24) is 5.32 Å². The van der Waals surface area contributed by atoms with Crippen molar-refractivity contribution in [3.63, 3.8) is 0 Å². The van der Waals surface area contributed by atoms with Gasteiger partial charge in [-0.05, 0) is 31.9 Å². The van der Waals surface area contributed by atoms with Gasteiger partial charge in [-0.2, -0.15) is 0 Å². The van der Waals surface area contributed by atoms with E-state index in [-0.39, 0.29) is 12.0 Å². The number of carboxylic acid groups (broad SMARTS) is 1. The number of hydrogen-bond acceptors (Lipinski definition) is 2. The van der Waals surface area contributed by atoms with Crippen LogP contribution < -0.4 is 5.32 Å². The molecule has 0 saturated carbocycles. The minimum atomic E-state index is -0.883. The van der Waals surface area contributed by atoms with Crippen LogP contribution in [0.25, 0.3) is 0 Å². The van der Waals surface area contributed by atoms with Gasteiger partial charge in [0.25, 0.3) is 0 Å². The van der Waals surface area contributed by atoms with Crippen molar-refractivity contribution >= 4 is 11.9 Å². The highest BCUT2D eigenvalue weighted by molar-refractivity contribution is 5.83. The molecule has 0 spiro atoms. The summed E-state index contributed by atoms with van der Waals surface area (Å²) in [5.74, 6) is -3.50. The van der Waals surface area contributed by atoms with Crippen LogP contribution in [0.3, 0.4) is 0 Å². The molecule has 1 amide bonds. The van der Waals surface area contributed by atoms with Crippen molar-refractivity contribution in [2.75, 3.05) is 6.54 Å². The SMILES string of the molecule is CC(C(=O)NCCCCCCCC(=O)O)c1c(F)cccc1F. The van der Waals surface area contributed by atoms with Crippen LogP contribution in [0.5, 0.6) is 0 Å². The number of hydrogen-bond donors (Lipinski definition) is 2. The van der Waals surface area contributed by atoms with Gasteiger partial charge in [0.15, 0.2) is 0 Å². The fourth-order valence-electron chi connectivity index (χ4n) is 2.35. The summed E-state index contributed by atoms with van der Waals surface area (Å²) in [6.07, 6.45) is 4.22. The van der Waals surface area contributed by atoms with Crippen LogP contribution in [0.1, 0.15) is 56.9 Å². The maximum Gasteiger partial charge on any atom is 0.303 e. The van der Waals surface area contributed by atoms with Crippen LogP contribution in [0.15, 0.2) is 18.2 Å². The molecular formula is C17H23F2NO3. The van der Waals surface area contributed by atoms with Crippen LogP contribution in [-0.4, -0.2) is 23.5 Å². The molecule has 0 heterocycles. The smallest absolute Gasteiger partial charge is 0.303 e. The molecule has 2 N–H and O–H groups in total. The quantitative estimate of drug-likeness (QED) is 0.645. The topological polar surface area (TPSA) is 66.4 Å². The van der Waals surface area contributed by atoms with Gasteiger partial charge in [0, 0.05) is 18.5 Å². The first-order chi connectivity index (χ1) is 10.9. The molecule has 0 bridgehead atoms. The van der Waals surface area contributed by atoms with Crippen LogP contribution in [-0.2, 0) is 9.59 Å². The summed E-state index contributed by atoms with van der Waals surface area (Å²) in [5, 5.41) is 11.2. The van der Waals surface area contributed by atoms with E-state index in [1.807, 2.05) is 0 Å². The lowest BCUT2D eigenvalue weighted by Crippen LogP contribution is -2.29. The molecule has 1 aromatic rings. The van der Waals surface area contributed by atoms with Gasteiger partial charge in [-0.25, -0.2) is 8.78 Å². The van der Waals surface area contributed by atoms with E-state index >= 15 is 0 Å². The van der Waals surface area contributed by atoms with E-state index in [0.717, 1.165) is 37.8 Å². The predicted octanol–water partition coefficient (Wildman–Crippen LogP) is 3.61. The number of amides is 1. The molecule has 6 heteroatoms. The molecule has 0 aliphatic rings. The van der Waals surface area contributed by atoms with E-state index in [4.69, 9.17) is 5.11 Å². The first-order valence-electron chi connectivity index (χ1n) is 7.87. The minimum Gasteiger partial charge on any atom is -0.481 e. The van der Waals surface area contributed by atoms with Crippen molar-refractivity contribution in [2.45, 2.75) is 51.4 Å². The van der Waals surface area contributed by atoms with E-state index in [0.29, 0.717) is 13.0 Å². The monoisotopic (exact) mass is 327 g/mol. The summed E-state index contributed by atoms with van der Waals surface area (Å²) >= 11 is 0. The summed E-state index contributed by atoms with van der Waals surface area (Å²) in [5.41, 5.74) is -0.210. The molecule has 1 unspecified atom stereocenters. The number of rotatable bonds is 10. The number of halogens is 2. The highest BCUT2D eigenvalue weighted by Gasteiger charge is 2.21. The Morgan fingerprint density at radius 1 is 1.09 bits per heavy atom. The number of unbranched alkanes of at least 4 members (excludes halogenated alkanes) is 4. The molecule has 0 aromatic heterocycles. The normalized spacial score (nSPS) is 12.0. The van der Waals surface area contributed by atoms with Gasteiger partial charge in [-0.15, -0.1) is 0 Å². The molecule has 1 aromatic carbocycles. The number of carboxylic acids is 1. The summed E-state index contributed by atoms with van der Waals surface area (Å²) < 4.78 is 27.2. The molecule has 1 atom stereocenters. The number of aliphatic carboxylic acids is 1. The third-order valence-corrected chi connectivity index (χ3v) is 3.69. The summed E-state index contributed by atoms with van der Waals surface area (Å²) in [7, 11) is 0. The lowest BCUT2D eigenvalue weighted by molar-refractivity contribution is -0.137. The molecule has 23 heavy (non-hydrogen) atoms. The van der Waals surface area contributed by atoms with Gasteiger partial charge in [0.05, 0.1) is 5.92 Å². The fourth-order valence-corrected chi connectivity index (χ4v) is 2.35. The Morgan fingerprint density at radius 3 is 2.26 bits per heavy atom. The third-order valence-electron chi connectivity index (χ3n) is 3.69. The second-order valence-electron chi connectivity index (χ2n) is 5.56. The highest BCUT2D eigenvalue weighted by atomic mass is 19.1. The fraction of sp³-hybridized carbons (Fsp3) is 0.529. The molecule has 1 rings (SSSR count). The Kier molecular flexibility index (Phi) is 8.22. The third kappa shape index (κ3) is 6.76. The molecule has 128 valence electrons. The molecule has 0 aliphatic carbocycles. The number of carbonyl (C=O) groups excluding carboxylic acids is 1. The van der Waals surface area contributed by atoms with Gasteiger partial charge in [-0.3, -0.25) is 9.59 Å². The van der Waals surface area contributed by atoms with E-state index in [1.54, 1.807) is 0 Å². The Balaban J connectivity index is 2.25. The molecule has 4 nitrogen and oxygen atoms in total. The van der Waals surface area contributed by atoms with E-state index in [2.05, 4.69) is 5.32 Å². The molecule has 0 radical (unpaired) electrons. The lowest BCUT2D eigenvalue weighted by atomic mass is 9.99. The molecule has 0 saturated heterocycles. The van der Waals surface area contributed by atoms with Gasteiger partial charge >= 0.3 is 5.97 Å². The second-order valence-corrected chi connectivity index (χ2v) is 5.56. The first-order valence-corrected chi connectivity index (χ1v) is 7.87. The zero-order chi connectivity index (χ0) is 17.2. The highest BCUT2D eigenvalue weighted by Crippen LogP contribution is 2.22. The average molecular weight is 327 g/mol. The molecular weight excluding hydrogens is 304 g/mol. The van der Waals surface area contributed by atoms with Crippen LogP contribution in [0, 0.1) is 11.6 Å². The van der Waals surface area contributed by atoms with E-state index in [1.165, 1.54) is 13.0 Å².